The molecule has 4 aromatic heterocycles. The molecule has 35 heavy (non-hydrogen) atoms. The monoisotopic (exact) mass is 446 g/mol. The molecule has 2 aliphatic carbocycles. The Bertz CT molecular complexity index is 2070. The maximum absolute atomic E-state index is 5.06. The minimum Gasteiger partial charge on any atom is -0.290 e. The molecule has 0 saturated heterocycles. The minimum absolute atomic E-state index is 0.960. The van der Waals surface area contributed by atoms with Crippen molar-refractivity contribution < 1.29 is 0 Å². The number of aromatic nitrogens is 4. The van der Waals surface area contributed by atoms with Crippen LogP contribution in [0, 0.1) is 0 Å². The average molecular weight is 447 g/mol. The van der Waals surface area contributed by atoms with Crippen molar-refractivity contribution in [1.29, 1.82) is 0 Å². The van der Waals surface area contributed by atoms with Gasteiger partial charge in [-0.3, -0.25) is 14.4 Å². The van der Waals surface area contributed by atoms with E-state index in [1.165, 1.54) is 49.9 Å². The molecular formula is C31H18N4. The fourth-order valence-corrected chi connectivity index (χ4v) is 6.42. The highest BCUT2D eigenvalue weighted by atomic mass is 15.0. The molecule has 0 amide bonds. The molecule has 3 aromatic carbocycles. The third-order valence-electron chi connectivity index (χ3n) is 7.96. The SMILES string of the molecule is c1ccc2c(c1)Cc1cc3c(cc1-2)Cc1cc2c4cnccc4n4c5cnccc5nc4c2cc1-3. The number of fused-ring (bicyclic) bond motifs is 14. The highest BCUT2D eigenvalue weighted by Crippen LogP contribution is 2.46. The van der Waals surface area contributed by atoms with Gasteiger partial charge in [0.2, 0.25) is 0 Å². The molecule has 9 rings (SSSR count). The lowest BCUT2D eigenvalue weighted by atomic mass is 9.96. The number of imidazole rings is 1. The summed E-state index contributed by atoms with van der Waals surface area (Å²) in [6.07, 6.45) is 9.54. The van der Waals surface area contributed by atoms with Gasteiger partial charge in [0.25, 0.3) is 0 Å². The minimum atomic E-state index is 0.960. The Morgan fingerprint density at radius 1 is 0.571 bits per heavy atom. The van der Waals surface area contributed by atoms with Crippen LogP contribution in [0.15, 0.2) is 85.5 Å². The van der Waals surface area contributed by atoms with Crippen LogP contribution in [0.1, 0.15) is 22.3 Å². The first-order valence-electron chi connectivity index (χ1n) is 12.0. The molecule has 0 bridgehead atoms. The Morgan fingerprint density at radius 3 is 2.26 bits per heavy atom. The zero-order valence-electron chi connectivity index (χ0n) is 18.8. The van der Waals surface area contributed by atoms with E-state index in [4.69, 9.17) is 4.98 Å². The van der Waals surface area contributed by atoms with Gasteiger partial charge in [-0.2, -0.15) is 0 Å². The predicted molar refractivity (Wildman–Crippen MR) is 140 cm³/mol. The van der Waals surface area contributed by atoms with Crippen molar-refractivity contribution in [2.24, 2.45) is 0 Å². The molecule has 162 valence electrons. The highest BCUT2D eigenvalue weighted by molar-refractivity contribution is 6.15. The summed E-state index contributed by atoms with van der Waals surface area (Å²) >= 11 is 0. The number of benzene rings is 3. The van der Waals surface area contributed by atoms with Crippen LogP contribution >= 0.6 is 0 Å². The van der Waals surface area contributed by atoms with E-state index in [9.17, 15) is 0 Å². The van der Waals surface area contributed by atoms with Crippen molar-refractivity contribution in [2.75, 3.05) is 0 Å². The van der Waals surface area contributed by atoms with Crippen LogP contribution in [0.2, 0.25) is 0 Å². The standard InChI is InChI=1S/C31H18N4/c1-2-4-21-17(3-1)9-18-12-23-19(11-22(18)21)10-20-13-25-26(14-24(20)23)31-34-28-5-7-33-16-30(28)35(31)29-6-8-32-15-27(25)29/h1-8,11-16H,9-10H2. The van der Waals surface area contributed by atoms with Gasteiger partial charge in [-0.25, -0.2) is 4.98 Å². The van der Waals surface area contributed by atoms with Crippen molar-refractivity contribution in [3.05, 3.63) is 108 Å². The molecule has 0 radical (unpaired) electrons. The summed E-state index contributed by atoms with van der Waals surface area (Å²) in [6, 6.07) is 22.5. The molecule has 0 unspecified atom stereocenters. The van der Waals surface area contributed by atoms with Crippen LogP contribution in [0.5, 0.6) is 0 Å². The van der Waals surface area contributed by atoms with E-state index in [-0.39, 0.29) is 0 Å². The summed E-state index contributed by atoms with van der Waals surface area (Å²) in [5, 5.41) is 3.53. The Kier molecular flexibility index (Phi) is 3.11. The van der Waals surface area contributed by atoms with Gasteiger partial charge in [-0.1, -0.05) is 24.3 Å². The van der Waals surface area contributed by atoms with E-state index in [1.807, 2.05) is 30.9 Å². The number of hydrogen-bond donors (Lipinski definition) is 0. The van der Waals surface area contributed by atoms with E-state index < -0.39 is 0 Å². The molecular weight excluding hydrogens is 428 g/mol. The lowest BCUT2D eigenvalue weighted by Crippen LogP contribution is -1.93. The second-order valence-electron chi connectivity index (χ2n) is 9.76. The largest absolute Gasteiger partial charge is 0.290 e. The van der Waals surface area contributed by atoms with Crippen molar-refractivity contribution >= 4 is 38.4 Å². The molecule has 0 aliphatic heterocycles. The predicted octanol–water partition coefficient (Wildman–Crippen LogP) is 6.73. The fourth-order valence-electron chi connectivity index (χ4n) is 6.42. The molecule has 4 heterocycles. The van der Waals surface area contributed by atoms with Gasteiger partial charge in [0.1, 0.15) is 5.65 Å². The number of hydrogen-bond acceptors (Lipinski definition) is 3. The van der Waals surface area contributed by atoms with Crippen LogP contribution in [-0.2, 0) is 12.8 Å². The van der Waals surface area contributed by atoms with Crippen LogP contribution in [0.25, 0.3) is 60.6 Å². The lowest BCUT2D eigenvalue weighted by molar-refractivity contribution is 1.24. The first-order valence-corrected chi connectivity index (χ1v) is 12.0. The van der Waals surface area contributed by atoms with Gasteiger partial charge in [-0.15, -0.1) is 0 Å². The fraction of sp³-hybridized carbons (Fsp3) is 0.0645. The molecule has 0 atom stereocenters. The number of pyridine rings is 3. The van der Waals surface area contributed by atoms with E-state index >= 15 is 0 Å². The van der Waals surface area contributed by atoms with E-state index in [2.05, 4.69) is 69.0 Å². The van der Waals surface area contributed by atoms with Crippen molar-refractivity contribution in [3.8, 4) is 22.3 Å². The van der Waals surface area contributed by atoms with Gasteiger partial charge >= 0.3 is 0 Å². The van der Waals surface area contributed by atoms with Gasteiger partial charge in [-0.05, 0) is 99.1 Å². The molecule has 0 spiro atoms. The van der Waals surface area contributed by atoms with Crippen LogP contribution in [0.3, 0.4) is 0 Å². The van der Waals surface area contributed by atoms with E-state index in [0.717, 1.165) is 45.8 Å². The van der Waals surface area contributed by atoms with E-state index in [1.54, 1.807) is 0 Å². The van der Waals surface area contributed by atoms with E-state index in [0.29, 0.717) is 0 Å². The van der Waals surface area contributed by atoms with Crippen LogP contribution in [-0.4, -0.2) is 19.4 Å². The Hall–Kier alpha value is -4.57. The Morgan fingerprint density at radius 2 is 1.31 bits per heavy atom. The summed E-state index contributed by atoms with van der Waals surface area (Å²) in [7, 11) is 0. The normalized spacial score (nSPS) is 13.5. The first-order chi connectivity index (χ1) is 17.3. The third kappa shape index (κ3) is 2.20. The van der Waals surface area contributed by atoms with Gasteiger partial charge in [0.05, 0.1) is 22.7 Å². The summed E-state index contributed by atoms with van der Waals surface area (Å²) in [5.74, 6) is 0. The summed E-state index contributed by atoms with van der Waals surface area (Å²) in [5.41, 5.74) is 15.3. The summed E-state index contributed by atoms with van der Waals surface area (Å²) in [4.78, 5) is 13.9. The zero-order chi connectivity index (χ0) is 22.7. The van der Waals surface area contributed by atoms with Gasteiger partial charge < -0.3 is 0 Å². The maximum atomic E-state index is 5.06. The van der Waals surface area contributed by atoms with Gasteiger partial charge in [0.15, 0.2) is 0 Å². The quantitative estimate of drug-likeness (QED) is 0.243. The summed E-state index contributed by atoms with van der Waals surface area (Å²) in [6.45, 7) is 0. The number of rotatable bonds is 0. The number of nitrogens with zero attached hydrogens (tertiary/aromatic N) is 4. The Labute approximate surface area is 200 Å². The topological polar surface area (TPSA) is 43.1 Å². The Balaban J connectivity index is 1.37. The van der Waals surface area contributed by atoms with Crippen molar-refractivity contribution in [3.63, 3.8) is 0 Å². The first kappa shape index (κ1) is 17.8. The lowest BCUT2D eigenvalue weighted by Gasteiger charge is -2.11. The molecule has 0 saturated carbocycles. The molecule has 0 N–H and O–H groups in total. The highest BCUT2D eigenvalue weighted by Gasteiger charge is 2.26. The zero-order valence-corrected chi connectivity index (χ0v) is 18.8. The second kappa shape index (κ2) is 6.10. The molecule has 4 heteroatoms. The van der Waals surface area contributed by atoms with Crippen molar-refractivity contribution in [2.45, 2.75) is 12.8 Å². The smallest absolute Gasteiger partial charge is 0.146 e. The summed E-state index contributed by atoms with van der Waals surface area (Å²) < 4.78 is 2.24. The van der Waals surface area contributed by atoms with Crippen LogP contribution < -0.4 is 0 Å². The van der Waals surface area contributed by atoms with Gasteiger partial charge in [0, 0.05) is 29.4 Å². The maximum Gasteiger partial charge on any atom is 0.146 e. The second-order valence-corrected chi connectivity index (χ2v) is 9.76. The molecule has 7 aromatic rings. The van der Waals surface area contributed by atoms with Crippen LogP contribution in [0.4, 0.5) is 0 Å². The molecule has 4 nitrogen and oxygen atoms in total. The third-order valence-corrected chi connectivity index (χ3v) is 7.96. The molecule has 2 aliphatic rings. The molecule has 0 fully saturated rings. The van der Waals surface area contributed by atoms with Crippen molar-refractivity contribution in [1.82, 2.24) is 19.4 Å². The average Bonchev–Trinajstić information content (AvgIpc) is 3.57.